The minimum atomic E-state index is -0.586. The zero-order valence-electron chi connectivity index (χ0n) is 8.66. The Bertz CT molecular complexity index is 197. The number of hydrogen-bond donors (Lipinski definition) is 3. The van der Waals surface area contributed by atoms with Crippen LogP contribution in [0.1, 0.15) is 20.8 Å². The molecule has 0 saturated carbocycles. The van der Waals surface area contributed by atoms with Crippen molar-refractivity contribution >= 4 is 28.8 Å². The number of halogens is 1. The van der Waals surface area contributed by atoms with Crippen molar-refractivity contribution in [3.8, 4) is 0 Å². The lowest BCUT2D eigenvalue weighted by Crippen LogP contribution is -2.49. The molecular weight excluding hydrogens is 250 g/mol. The summed E-state index contributed by atoms with van der Waals surface area (Å²) in [5, 5.41) is 5.08. The smallest absolute Gasteiger partial charge is 0.242 e. The van der Waals surface area contributed by atoms with Gasteiger partial charge in [0.15, 0.2) is 0 Å². The Kier molecular flexibility index (Phi) is 8.77. The number of hydrogen-bond acceptors (Lipinski definition) is 3. The van der Waals surface area contributed by atoms with E-state index in [0.717, 1.165) is 0 Å². The van der Waals surface area contributed by atoms with Crippen molar-refractivity contribution in [3.05, 3.63) is 0 Å². The minimum Gasteiger partial charge on any atom is -0.355 e. The fourth-order valence-electron chi connectivity index (χ4n) is 0.738. The van der Waals surface area contributed by atoms with E-state index in [2.05, 4.69) is 10.6 Å². The molecule has 2 amide bonds. The quantitative estimate of drug-likeness (QED) is 0.645. The zero-order valence-corrected chi connectivity index (χ0v) is 10.4. The molecule has 5 nitrogen and oxygen atoms in total. The molecule has 0 fully saturated rings. The molecule has 0 bridgehead atoms. The third-order valence-electron chi connectivity index (χ3n) is 1.52. The molecule has 0 aromatic rings. The number of nitrogens with two attached hydrogens (primary N) is 1. The van der Waals surface area contributed by atoms with E-state index in [0.29, 0.717) is 6.54 Å². The molecule has 0 aliphatic heterocycles. The lowest BCUT2D eigenvalue weighted by Gasteiger charge is -2.14. The van der Waals surface area contributed by atoms with Crippen molar-refractivity contribution in [1.82, 2.24) is 10.6 Å². The van der Waals surface area contributed by atoms with E-state index in [-0.39, 0.29) is 28.8 Å². The molecule has 6 heteroatoms. The molecule has 4 N–H and O–H groups in total. The van der Waals surface area contributed by atoms with Gasteiger partial charge in [-0.1, -0.05) is 0 Å². The van der Waals surface area contributed by atoms with Crippen LogP contribution in [0.15, 0.2) is 0 Å². The van der Waals surface area contributed by atoms with Gasteiger partial charge in [-0.15, -0.1) is 17.0 Å². The maximum Gasteiger partial charge on any atom is 0.242 e. The van der Waals surface area contributed by atoms with Gasteiger partial charge in [-0.2, -0.15) is 0 Å². The van der Waals surface area contributed by atoms with Crippen molar-refractivity contribution in [1.29, 1.82) is 0 Å². The van der Waals surface area contributed by atoms with Crippen LogP contribution in [-0.2, 0) is 9.59 Å². The van der Waals surface area contributed by atoms with E-state index in [4.69, 9.17) is 5.73 Å². The Morgan fingerprint density at radius 3 is 2.14 bits per heavy atom. The average molecular weight is 268 g/mol. The zero-order chi connectivity index (χ0) is 10.4. The second kappa shape index (κ2) is 7.75. The summed E-state index contributed by atoms with van der Waals surface area (Å²) in [6.45, 7) is 5.56. The van der Waals surface area contributed by atoms with E-state index in [1.165, 1.54) is 0 Å². The predicted octanol–water partition coefficient (Wildman–Crippen LogP) is -0.448. The number of carbonyl (C=O) groups is 2. The molecular formula is C8H18BrN3O2. The molecule has 0 aromatic carbocycles. The maximum absolute atomic E-state index is 11.1. The van der Waals surface area contributed by atoms with E-state index in [9.17, 15) is 9.59 Å². The van der Waals surface area contributed by atoms with Gasteiger partial charge in [0, 0.05) is 6.54 Å². The van der Waals surface area contributed by atoms with Gasteiger partial charge in [-0.25, -0.2) is 0 Å². The van der Waals surface area contributed by atoms with Crippen LogP contribution in [-0.4, -0.2) is 30.4 Å². The van der Waals surface area contributed by atoms with E-state index in [1.807, 2.05) is 6.92 Å². The summed E-state index contributed by atoms with van der Waals surface area (Å²) in [6, 6.07) is -1.12. The molecule has 0 aliphatic rings. The van der Waals surface area contributed by atoms with Crippen molar-refractivity contribution in [3.63, 3.8) is 0 Å². The van der Waals surface area contributed by atoms with Gasteiger partial charge < -0.3 is 16.4 Å². The van der Waals surface area contributed by atoms with Crippen LogP contribution in [0.5, 0.6) is 0 Å². The molecule has 0 unspecified atom stereocenters. The summed E-state index contributed by atoms with van der Waals surface area (Å²) in [5.41, 5.74) is 5.31. The monoisotopic (exact) mass is 267 g/mol. The molecule has 0 spiro atoms. The van der Waals surface area contributed by atoms with Crippen LogP contribution < -0.4 is 16.4 Å². The minimum absolute atomic E-state index is 0. The molecule has 0 rings (SSSR count). The molecule has 14 heavy (non-hydrogen) atoms. The van der Waals surface area contributed by atoms with Crippen molar-refractivity contribution in [2.24, 2.45) is 5.73 Å². The van der Waals surface area contributed by atoms with Crippen molar-refractivity contribution in [2.75, 3.05) is 6.54 Å². The Morgan fingerprint density at radius 1 is 1.29 bits per heavy atom. The third kappa shape index (κ3) is 5.93. The second-order valence-corrected chi connectivity index (χ2v) is 2.91. The van der Waals surface area contributed by atoms with Gasteiger partial charge in [0.25, 0.3) is 0 Å². The summed E-state index contributed by atoms with van der Waals surface area (Å²) in [5.74, 6) is -0.518. The summed E-state index contributed by atoms with van der Waals surface area (Å²) in [7, 11) is 0. The highest BCUT2D eigenvalue weighted by Gasteiger charge is 2.16. The number of amides is 2. The predicted molar refractivity (Wildman–Crippen MR) is 60.3 cm³/mol. The van der Waals surface area contributed by atoms with E-state index in [1.54, 1.807) is 13.8 Å². The highest BCUT2D eigenvalue weighted by atomic mass is 79.9. The largest absolute Gasteiger partial charge is 0.355 e. The molecule has 0 heterocycles. The average Bonchev–Trinajstić information content (AvgIpc) is 2.04. The lowest BCUT2D eigenvalue weighted by molar-refractivity contribution is -0.128. The Labute approximate surface area is 94.6 Å². The van der Waals surface area contributed by atoms with Gasteiger partial charge in [0.1, 0.15) is 6.04 Å². The van der Waals surface area contributed by atoms with Crippen LogP contribution in [0.25, 0.3) is 0 Å². The van der Waals surface area contributed by atoms with Crippen LogP contribution in [0, 0.1) is 0 Å². The highest BCUT2D eigenvalue weighted by Crippen LogP contribution is 1.84. The van der Waals surface area contributed by atoms with Crippen molar-refractivity contribution < 1.29 is 9.59 Å². The molecule has 0 saturated heterocycles. The number of rotatable bonds is 4. The number of likely N-dealkylation sites (N-methyl/N-ethyl adjacent to an activating group) is 1. The fourth-order valence-corrected chi connectivity index (χ4v) is 0.738. The highest BCUT2D eigenvalue weighted by molar-refractivity contribution is 8.93. The van der Waals surface area contributed by atoms with Crippen LogP contribution >= 0.6 is 17.0 Å². The van der Waals surface area contributed by atoms with Gasteiger partial charge in [0.05, 0.1) is 6.04 Å². The summed E-state index contributed by atoms with van der Waals surface area (Å²) >= 11 is 0. The summed E-state index contributed by atoms with van der Waals surface area (Å²) in [4.78, 5) is 22.2. The first-order valence-corrected chi connectivity index (χ1v) is 4.32. The normalized spacial score (nSPS) is 13.4. The van der Waals surface area contributed by atoms with Crippen LogP contribution in [0.4, 0.5) is 0 Å². The molecule has 84 valence electrons. The SMILES string of the molecule is Br.CCNC(=O)[C@H](C)NC(=O)[C@H](C)N. The lowest BCUT2D eigenvalue weighted by atomic mass is 10.2. The van der Waals surface area contributed by atoms with Crippen LogP contribution in [0.2, 0.25) is 0 Å². The van der Waals surface area contributed by atoms with Gasteiger partial charge >= 0.3 is 0 Å². The molecule has 0 radical (unpaired) electrons. The second-order valence-electron chi connectivity index (χ2n) is 2.91. The first-order valence-electron chi connectivity index (χ1n) is 4.32. The summed E-state index contributed by atoms with van der Waals surface area (Å²) < 4.78 is 0. The first-order chi connectivity index (χ1) is 5.99. The van der Waals surface area contributed by atoms with Gasteiger partial charge in [0.2, 0.25) is 11.8 Å². The Balaban J connectivity index is 0. The van der Waals surface area contributed by atoms with Gasteiger partial charge in [-0.05, 0) is 20.8 Å². The van der Waals surface area contributed by atoms with Gasteiger partial charge in [-0.3, -0.25) is 9.59 Å². The number of nitrogens with one attached hydrogen (secondary N) is 2. The van der Waals surface area contributed by atoms with E-state index >= 15 is 0 Å². The number of carbonyl (C=O) groups excluding carboxylic acids is 2. The van der Waals surface area contributed by atoms with Crippen LogP contribution in [0.3, 0.4) is 0 Å². The maximum atomic E-state index is 11.1. The molecule has 0 aliphatic carbocycles. The molecule has 2 atom stereocenters. The Hall–Kier alpha value is -0.620. The van der Waals surface area contributed by atoms with Crippen molar-refractivity contribution in [2.45, 2.75) is 32.9 Å². The first kappa shape index (κ1) is 15.8. The topological polar surface area (TPSA) is 84.2 Å². The van der Waals surface area contributed by atoms with E-state index < -0.39 is 12.1 Å². The fraction of sp³-hybridized carbons (Fsp3) is 0.750. The summed E-state index contributed by atoms with van der Waals surface area (Å²) in [6.07, 6.45) is 0. The standard InChI is InChI=1S/C8H17N3O2.BrH/c1-4-10-8(13)6(3)11-7(12)5(2)9;/h5-6H,4,9H2,1-3H3,(H,10,13)(H,11,12);1H/t5-,6-;/m0./s1. The molecule has 0 aromatic heterocycles. The third-order valence-corrected chi connectivity index (χ3v) is 1.52. The Morgan fingerprint density at radius 2 is 1.79 bits per heavy atom.